The van der Waals surface area contributed by atoms with Crippen LogP contribution in [0.4, 0.5) is 0 Å². The lowest BCUT2D eigenvalue weighted by Gasteiger charge is -2.00. The van der Waals surface area contributed by atoms with E-state index in [0.717, 1.165) is 0 Å². The van der Waals surface area contributed by atoms with Gasteiger partial charge in [-0.3, -0.25) is 0 Å². The van der Waals surface area contributed by atoms with E-state index >= 15 is 0 Å². The summed E-state index contributed by atoms with van der Waals surface area (Å²) in [6.07, 6.45) is 0.461. The van der Waals surface area contributed by atoms with Crippen molar-refractivity contribution in [1.29, 1.82) is 0 Å². The highest BCUT2D eigenvalue weighted by Gasteiger charge is 2.13. The number of aryl methyl sites for hydroxylation is 1. The van der Waals surface area contributed by atoms with Gasteiger partial charge in [0.15, 0.2) is 5.69 Å². The van der Waals surface area contributed by atoms with Crippen LogP contribution < -0.4 is 0 Å². The van der Waals surface area contributed by atoms with Crippen LogP contribution >= 0.6 is 0 Å². The molecule has 0 fully saturated rings. The second kappa shape index (κ2) is 3.82. The Labute approximate surface area is 79.2 Å². The highest BCUT2D eigenvalue weighted by molar-refractivity contribution is 5.88. The zero-order valence-electron chi connectivity index (χ0n) is 7.39. The van der Waals surface area contributed by atoms with Crippen molar-refractivity contribution in [2.45, 2.75) is 13.3 Å². The molecular weight excluding hydrogens is 188 g/mol. The van der Waals surface area contributed by atoms with Gasteiger partial charge in [0.1, 0.15) is 0 Å². The maximum Gasteiger partial charge on any atom is 0.373 e. The summed E-state index contributed by atoms with van der Waals surface area (Å²) in [6.45, 7) is 1.75. The lowest BCUT2D eigenvalue weighted by atomic mass is 10.2. The third-order valence-electron chi connectivity index (χ3n) is 1.55. The second-order valence-electron chi connectivity index (χ2n) is 2.53. The largest absolute Gasteiger partial charge is 0.477 e. The van der Waals surface area contributed by atoms with E-state index < -0.39 is 17.8 Å². The van der Waals surface area contributed by atoms with Crippen LogP contribution in [-0.4, -0.2) is 32.1 Å². The fourth-order valence-corrected chi connectivity index (χ4v) is 0.884. The van der Waals surface area contributed by atoms with E-state index in [1.165, 1.54) is 6.07 Å². The Kier molecular flexibility index (Phi) is 2.76. The standard InChI is InChI=1S/C8H8N2O4/c1-2-4-3-5(7(11)12)10-6(9-4)8(13)14/h3H,2H2,1H3,(H,11,12)(H,13,14). The van der Waals surface area contributed by atoms with E-state index in [2.05, 4.69) is 9.97 Å². The number of carbonyl (C=O) groups is 2. The predicted molar refractivity (Wildman–Crippen MR) is 45.3 cm³/mol. The maximum atomic E-state index is 10.6. The molecule has 1 rings (SSSR count). The molecule has 14 heavy (non-hydrogen) atoms. The highest BCUT2D eigenvalue weighted by Crippen LogP contribution is 2.02. The number of carboxylic acids is 2. The van der Waals surface area contributed by atoms with Gasteiger partial charge >= 0.3 is 11.9 Å². The van der Waals surface area contributed by atoms with Crippen molar-refractivity contribution in [2.24, 2.45) is 0 Å². The average molecular weight is 196 g/mol. The second-order valence-corrected chi connectivity index (χ2v) is 2.53. The molecule has 1 aromatic heterocycles. The molecule has 0 bridgehead atoms. The fourth-order valence-electron chi connectivity index (χ4n) is 0.884. The van der Waals surface area contributed by atoms with Crippen molar-refractivity contribution >= 4 is 11.9 Å². The van der Waals surface area contributed by atoms with E-state index in [1.54, 1.807) is 6.92 Å². The van der Waals surface area contributed by atoms with Gasteiger partial charge in [-0.1, -0.05) is 6.92 Å². The summed E-state index contributed by atoms with van der Waals surface area (Å²) in [4.78, 5) is 28.1. The van der Waals surface area contributed by atoms with Crippen LogP contribution in [0.2, 0.25) is 0 Å². The number of hydrogen-bond donors (Lipinski definition) is 2. The molecule has 2 N–H and O–H groups in total. The van der Waals surface area contributed by atoms with Gasteiger partial charge in [0.25, 0.3) is 0 Å². The third-order valence-corrected chi connectivity index (χ3v) is 1.55. The van der Waals surface area contributed by atoms with Gasteiger partial charge in [0.2, 0.25) is 5.82 Å². The van der Waals surface area contributed by atoms with Gasteiger partial charge in [0.05, 0.1) is 0 Å². The molecule has 0 aromatic carbocycles. The van der Waals surface area contributed by atoms with Gasteiger partial charge in [-0.2, -0.15) is 0 Å². The van der Waals surface area contributed by atoms with Crippen molar-refractivity contribution < 1.29 is 19.8 Å². The first kappa shape index (κ1) is 10.1. The molecule has 0 aliphatic heterocycles. The first-order valence-electron chi connectivity index (χ1n) is 3.89. The molecule has 0 atom stereocenters. The lowest BCUT2D eigenvalue weighted by Crippen LogP contribution is -2.11. The van der Waals surface area contributed by atoms with Gasteiger partial charge in [-0.15, -0.1) is 0 Å². The molecule has 0 aliphatic rings. The van der Waals surface area contributed by atoms with Crippen LogP contribution in [0.15, 0.2) is 6.07 Å². The minimum Gasteiger partial charge on any atom is -0.477 e. The first-order valence-corrected chi connectivity index (χ1v) is 3.89. The zero-order valence-corrected chi connectivity index (χ0v) is 7.39. The van der Waals surface area contributed by atoms with E-state index in [9.17, 15) is 9.59 Å². The first-order chi connectivity index (χ1) is 6.54. The van der Waals surface area contributed by atoms with Gasteiger partial charge in [-0.05, 0) is 12.5 Å². The number of aromatic carboxylic acids is 2. The highest BCUT2D eigenvalue weighted by atomic mass is 16.4. The molecule has 1 aromatic rings. The Bertz CT molecular complexity index is 357. The van der Waals surface area contributed by atoms with Gasteiger partial charge in [0, 0.05) is 5.69 Å². The van der Waals surface area contributed by atoms with Crippen molar-refractivity contribution in [1.82, 2.24) is 9.97 Å². The monoisotopic (exact) mass is 196 g/mol. The fraction of sp³-hybridized carbons (Fsp3) is 0.250. The minimum absolute atomic E-state index is 0.297. The average Bonchev–Trinajstić information content (AvgIpc) is 2.16. The summed E-state index contributed by atoms with van der Waals surface area (Å²) in [6, 6.07) is 1.26. The summed E-state index contributed by atoms with van der Waals surface area (Å²) >= 11 is 0. The van der Waals surface area contributed by atoms with Gasteiger partial charge < -0.3 is 10.2 Å². The van der Waals surface area contributed by atoms with Crippen molar-refractivity contribution in [3.63, 3.8) is 0 Å². The SMILES string of the molecule is CCc1cc(C(=O)O)nc(C(=O)O)n1. The number of hydrogen-bond acceptors (Lipinski definition) is 4. The van der Waals surface area contributed by atoms with Gasteiger partial charge in [-0.25, -0.2) is 19.6 Å². The van der Waals surface area contributed by atoms with Crippen LogP contribution in [0.5, 0.6) is 0 Å². The number of nitrogens with zero attached hydrogens (tertiary/aromatic N) is 2. The molecule has 1 heterocycles. The number of aromatic nitrogens is 2. The Balaban J connectivity index is 3.27. The summed E-state index contributed by atoms with van der Waals surface area (Å²) in [5, 5.41) is 17.2. The number of carboxylic acid groups (broad SMARTS) is 2. The lowest BCUT2D eigenvalue weighted by molar-refractivity contribution is 0.0678. The third kappa shape index (κ3) is 2.03. The van der Waals surface area contributed by atoms with Crippen LogP contribution in [0.1, 0.15) is 33.7 Å². The van der Waals surface area contributed by atoms with E-state index in [0.29, 0.717) is 12.1 Å². The van der Waals surface area contributed by atoms with Crippen molar-refractivity contribution in [3.05, 3.63) is 23.3 Å². The predicted octanol–water partition coefficient (Wildman–Crippen LogP) is 0.435. The molecule has 6 heteroatoms. The van der Waals surface area contributed by atoms with Crippen molar-refractivity contribution in [2.75, 3.05) is 0 Å². The summed E-state index contributed by atoms with van der Waals surface area (Å²) in [5.74, 6) is -3.07. The molecule has 0 aliphatic carbocycles. The molecule has 74 valence electrons. The molecule has 0 spiro atoms. The molecule has 0 radical (unpaired) electrons. The normalized spacial score (nSPS) is 9.79. The molecule has 0 saturated heterocycles. The molecule has 0 unspecified atom stereocenters. The molecule has 0 amide bonds. The Morgan fingerprint density at radius 3 is 2.36 bits per heavy atom. The van der Waals surface area contributed by atoms with E-state index in [4.69, 9.17) is 10.2 Å². The molecular formula is C8H8N2O4. The Morgan fingerprint density at radius 2 is 1.93 bits per heavy atom. The van der Waals surface area contributed by atoms with Crippen LogP contribution in [0.3, 0.4) is 0 Å². The topological polar surface area (TPSA) is 100 Å². The summed E-state index contributed by atoms with van der Waals surface area (Å²) < 4.78 is 0. The van der Waals surface area contributed by atoms with Crippen LogP contribution in [0.25, 0.3) is 0 Å². The number of rotatable bonds is 3. The Hall–Kier alpha value is -1.98. The smallest absolute Gasteiger partial charge is 0.373 e. The van der Waals surface area contributed by atoms with Crippen LogP contribution in [0, 0.1) is 0 Å². The summed E-state index contributed by atoms with van der Waals surface area (Å²) in [5.41, 5.74) is 0.101. The minimum atomic E-state index is -1.33. The summed E-state index contributed by atoms with van der Waals surface area (Å²) in [7, 11) is 0. The quantitative estimate of drug-likeness (QED) is 0.727. The van der Waals surface area contributed by atoms with Crippen LogP contribution in [-0.2, 0) is 6.42 Å². The zero-order chi connectivity index (χ0) is 10.7. The van der Waals surface area contributed by atoms with E-state index in [-0.39, 0.29) is 5.69 Å². The maximum absolute atomic E-state index is 10.6. The van der Waals surface area contributed by atoms with Crippen molar-refractivity contribution in [3.8, 4) is 0 Å². The Morgan fingerprint density at radius 1 is 1.29 bits per heavy atom. The molecule has 0 saturated carbocycles. The van der Waals surface area contributed by atoms with E-state index in [1.807, 2.05) is 0 Å². The molecule has 6 nitrogen and oxygen atoms in total.